The highest BCUT2D eigenvalue weighted by Gasteiger charge is 2.17. The molecule has 0 radical (unpaired) electrons. The van der Waals surface area contributed by atoms with Crippen LogP contribution in [0.25, 0.3) is 22.6 Å². The van der Waals surface area contributed by atoms with Crippen LogP contribution in [0.5, 0.6) is 5.75 Å². The third-order valence-corrected chi connectivity index (χ3v) is 3.76. The van der Waals surface area contributed by atoms with E-state index < -0.39 is 24.2 Å². The largest absolute Gasteiger partial charge is 0.505 e. The molecule has 0 unspecified atom stereocenters. The highest BCUT2D eigenvalue weighted by molar-refractivity contribution is 6.33. The number of aromatic nitrogens is 2. The van der Waals surface area contributed by atoms with Gasteiger partial charge in [-0.3, -0.25) is 9.59 Å². The summed E-state index contributed by atoms with van der Waals surface area (Å²) >= 11 is 6.13. The Bertz CT molecular complexity index is 986. The van der Waals surface area contributed by atoms with Crippen LogP contribution in [0.4, 0.5) is 0 Å². The molecule has 2 heterocycles. The van der Waals surface area contributed by atoms with Crippen LogP contribution in [0.2, 0.25) is 5.02 Å². The monoisotopic (exact) mass is 373 g/mol. The predicted octanol–water partition coefficient (Wildman–Crippen LogP) is 2.58. The number of nitrogens with one attached hydrogen (secondary N) is 1. The van der Waals surface area contributed by atoms with Crippen molar-refractivity contribution in [2.75, 3.05) is 6.54 Å². The number of carboxylic acids is 1. The fourth-order valence-corrected chi connectivity index (χ4v) is 2.44. The molecule has 3 N–H and O–H groups in total. The van der Waals surface area contributed by atoms with Crippen molar-refractivity contribution >= 4 is 23.5 Å². The van der Waals surface area contributed by atoms with Crippen LogP contribution in [0.1, 0.15) is 10.5 Å². The van der Waals surface area contributed by atoms with Gasteiger partial charge in [0.2, 0.25) is 0 Å². The van der Waals surface area contributed by atoms with Crippen LogP contribution in [0.3, 0.4) is 0 Å². The molecule has 0 atom stereocenters. The summed E-state index contributed by atoms with van der Waals surface area (Å²) in [5, 5.41) is 25.1. The first-order valence-corrected chi connectivity index (χ1v) is 7.74. The topological polar surface area (TPSA) is 126 Å². The third kappa shape index (κ3) is 3.65. The maximum atomic E-state index is 11.8. The highest BCUT2D eigenvalue weighted by Crippen LogP contribution is 2.31. The molecule has 1 amide bonds. The molecule has 9 heteroatoms. The van der Waals surface area contributed by atoms with Gasteiger partial charge in [0.25, 0.3) is 5.91 Å². The van der Waals surface area contributed by atoms with E-state index in [1.807, 2.05) is 6.07 Å². The quantitative estimate of drug-likeness (QED) is 0.627. The minimum absolute atomic E-state index is 0.291. The number of pyridine rings is 1. The minimum atomic E-state index is -1.21. The van der Waals surface area contributed by atoms with E-state index in [1.54, 1.807) is 24.3 Å². The number of carbonyl (C=O) groups excluding carboxylic acids is 1. The first kappa shape index (κ1) is 17.4. The summed E-state index contributed by atoms with van der Waals surface area (Å²) in [4.78, 5) is 26.1. The smallest absolute Gasteiger partial charge is 0.322 e. The lowest BCUT2D eigenvalue weighted by Crippen LogP contribution is -2.29. The maximum Gasteiger partial charge on any atom is 0.322 e. The summed E-state index contributed by atoms with van der Waals surface area (Å²) in [6.07, 6.45) is 1.31. The van der Waals surface area contributed by atoms with Crippen molar-refractivity contribution in [3.8, 4) is 28.3 Å². The second kappa shape index (κ2) is 7.24. The summed E-state index contributed by atoms with van der Waals surface area (Å²) in [7, 11) is 0. The number of benzene rings is 1. The number of rotatable bonds is 5. The van der Waals surface area contributed by atoms with E-state index in [2.05, 4.69) is 15.5 Å². The van der Waals surface area contributed by atoms with Crippen molar-refractivity contribution in [3.05, 3.63) is 53.3 Å². The molecule has 3 aromatic rings. The van der Waals surface area contributed by atoms with Gasteiger partial charge in [-0.25, -0.2) is 4.98 Å². The third-order valence-electron chi connectivity index (χ3n) is 3.43. The molecule has 1 aromatic carbocycles. The number of carboxylic acid groups (broad SMARTS) is 1. The Hall–Kier alpha value is -3.39. The van der Waals surface area contributed by atoms with Crippen LogP contribution in [0.15, 0.2) is 47.1 Å². The van der Waals surface area contributed by atoms with Crippen molar-refractivity contribution < 1.29 is 24.3 Å². The molecule has 0 aliphatic carbocycles. The summed E-state index contributed by atoms with van der Waals surface area (Å²) < 4.78 is 5.26. The van der Waals surface area contributed by atoms with E-state index in [1.165, 1.54) is 12.3 Å². The van der Waals surface area contributed by atoms with E-state index in [0.717, 1.165) is 0 Å². The molecule has 0 aliphatic heterocycles. The molecule has 2 aromatic heterocycles. The second-order valence-electron chi connectivity index (χ2n) is 5.22. The van der Waals surface area contributed by atoms with E-state index in [9.17, 15) is 14.7 Å². The van der Waals surface area contributed by atoms with E-state index in [-0.39, 0.29) is 5.69 Å². The molecule has 8 nitrogen and oxygen atoms in total. The number of aromatic hydroxyl groups is 1. The normalized spacial score (nSPS) is 10.5. The number of hydrogen-bond donors (Lipinski definition) is 3. The zero-order valence-electron chi connectivity index (χ0n) is 13.1. The van der Waals surface area contributed by atoms with E-state index in [4.69, 9.17) is 21.2 Å². The van der Waals surface area contributed by atoms with Crippen LogP contribution in [-0.2, 0) is 4.79 Å². The Labute approximate surface area is 152 Å². The lowest BCUT2D eigenvalue weighted by molar-refractivity contribution is -0.135. The Kier molecular flexibility index (Phi) is 4.85. The van der Waals surface area contributed by atoms with Crippen LogP contribution >= 0.6 is 11.6 Å². The number of halogens is 1. The lowest BCUT2D eigenvalue weighted by Gasteiger charge is -2.05. The van der Waals surface area contributed by atoms with Crippen LogP contribution in [-0.4, -0.2) is 38.8 Å². The van der Waals surface area contributed by atoms with Gasteiger partial charge in [0.1, 0.15) is 18.0 Å². The van der Waals surface area contributed by atoms with E-state index in [0.29, 0.717) is 27.6 Å². The molecular weight excluding hydrogens is 362 g/mol. The van der Waals surface area contributed by atoms with E-state index >= 15 is 0 Å². The van der Waals surface area contributed by atoms with Gasteiger partial charge < -0.3 is 20.1 Å². The summed E-state index contributed by atoms with van der Waals surface area (Å²) in [5.41, 5.74) is 1.29. The van der Waals surface area contributed by atoms with Gasteiger partial charge in [-0.1, -0.05) is 35.0 Å². The summed E-state index contributed by atoms with van der Waals surface area (Å²) in [6, 6.07) is 10.0. The van der Waals surface area contributed by atoms with Crippen LogP contribution < -0.4 is 5.32 Å². The highest BCUT2D eigenvalue weighted by atomic mass is 35.5. The Morgan fingerprint density at radius 1 is 1.23 bits per heavy atom. The maximum absolute atomic E-state index is 11.8. The number of amides is 1. The van der Waals surface area contributed by atoms with Gasteiger partial charge in [-0.05, 0) is 12.1 Å². The van der Waals surface area contributed by atoms with Gasteiger partial charge in [-0.15, -0.1) is 0 Å². The fourth-order valence-electron chi connectivity index (χ4n) is 2.21. The molecule has 0 bridgehead atoms. The molecule has 3 rings (SSSR count). The standard InChI is InChI=1S/C17H12ClN3O5/c18-11-4-2-1-3-10(11)12-6-14(26-21-12)9-5-13(22)16(19-7-9)17(25)20-8-15(23)24/h1-7,22H,8H2,(H,20,25)(H,23,24). The predicted molar refractivity (Wildman–Crippen MR) is 91.8 cm³/mol. The number of carbonyl (C=O) groups is 2. The first-order valence-electron chi connectivity index (χ1n) is 7.36. The molecular formula is C17H12ClN3O5. The van der Waals surface area contributed by atoms with Crippen molar-refractivity contribution in [1.82, 2.24) is 15.5 Å². The molecule has 0 saturated carbocycles. The van der Waals surface area contributed by atoms with Gasteiger partial charge in [-0.2, -0.15) is 0 Å². The molecule has 0 spiro atoms. The molecule has 0 fully saturated rings. The van der Waals surface area contributed by atoms with Gasteiger partial charge >= 0.3 is 5.97 Å². The fraction of sp³-hybridized carbons (Fsp3) is 0.0588. The molecule has 132 valence electrons. The van der Waals surface area contributed by atoms with Gasteiger partial charge in [0, 0.05) is 23.4 Å². The number of hydrogen-bond acceptors (Lipinski definition) is 6. The lowest BCUT2D eigenvalue weighted by atomic mass is 10.1. The Balaban J connectivity index is 1.85. The van der Waals surface area contributed by atoms with Crippen molar-refractivity contribution in [2.24, 2.45) is 0 Å². The first-order chi connectivity index (χ1) is 12.5. The number of aliphatic carboxylic acids is 1. The SMILES string of the molecule is O=C(O)CNC(=O)c1ncc(-c2cc(-c3ccccc3Cl)no2)cc1O. The average molecular weight is 374 g/mol. The van der Waals surface area contributed by atoms with Crippen molar-refractivity contribution in [2.45, 2.75) is 0 Å². The Morgan fingerprint density at radius 3 is 2.69 bits per heavy atom. The minimum Gasteiger partial charge on any atom is -0.505 e. The zero-order valence-corrected chi connectivity index (χ0v) is 13.9. The molecule has 0 saturated heterocycles. The van der Waals surface area contributed by atoms with Crippen molar-refractivity contribution in [3.63, 3.8) is 0 Å². The summed E-state index contributed by atoms with van der Waals surface area (Å²) in [6.45, 7) is -0.578. The van der Waals surface area contributed by atoms with Crippen molar-refractivity contribution in [1.29, 1.82) is 0 Å². The summed E-state index contributed by atoms with van der Waals surface area (Å²) in [5.74, 6) is -2.10. The second-order valence-corrected chi connectivity index (χ2v) is 5.63. The zero-order chi connectivity index (χ0) is 18.7. The number of nitrogens with zero attached hydrogens (tertiary/aromatic N) is 2. The van der Waals surface area contributed by atoms with Gasteiger partial charge in [0.15, 0.2) is 11.5 Å². The molecule has 0 aliphatic rings. The molecule has 26 heavy (non-hydrogen) atoms. The van der Waals surface area contributed by atoms with Crippen LogP contribution in [0, 0.1) is 0 Å². The van der Waals surface area contributed by atoms with Gasteiger partial charge in [0.05, 0.1) is 5.02 Å². The Morgan fingerprint density at radius 2 is 2.00 bits per heavy atom. The average Bonchev–Trinajstić information content (AvgIpc) is 3.10.